The van der Waals surface area contributed by atoms with Crippen molar-refractivity contribution in [3.05, 3.63) is 23.8 Å². The summed E-state index contributed by atoms with van der Waals surface area (Å²) >= 11 is 0. The van der Waals surface area contributed by atoms with Crippen LogP contribution >= 0.6 is 0 Å². The maximum Gasteiger partial charge on any atom is 0.123 e. The van der Waals surface area contributed by atoms with E-state index in [0.717, 1.165) is 23.8 Å². The van der Waals surface area contributed by atoms with E-state index in [1.54, 1.807) is 12.1 Å². The van der Waals surface area contributed by atoms with Crippen LogP contribution in [0.1, 0.15) is 58.4 Å². The molecule has 1 aliphatic carbocycles. The highest BCUT2D eigenvalue weighted by atomic mass is 16.5. The molecule has 118 valence electrons. The average molecular weight is 290 g/mol. The molecule has 1 aromatic rings. The van der Waals surface area contributed by atoms with Crippen LogP contribution in [-0.2, 0) is 0 Å². The Bertz CT molecular complexity index is 436. The zero-order chi connectivity index (χ0) is 15.5. The minimum Gasteiger partial charge on any atom is -0.508 e. The van der Waals surface area contributed by atoms with Gasteiger partial charge in [0.1, 0.15) is 11.5 Å². The molecule has 0 unspecified atom stereocenters. The summed E-state index contributed by atoms with van der Waals surface area (Å²) in [6.07, 6.45) is 6.46. The van der Waals surface area contributed by atoms with Crippen LogP contribution in [0.15, 0.2) is 18.2 Å². The zero-order valence-electron chi connectivity index (χ0n) is 14.0. The first kappa shape index (κ1) is 16.2. The van der Waals surface area contributed by atoms with Crippen LogP contribution in [0.5, 0.6) is 11.5 Å². The van der Waals surface area contributed by atoms with Gasteiger partial charge in [0.25, 0.3) is 0 Å². The number of aryl methyl sites for hydroxylation is 1. The Morgan fingerprint density at radius 3 is 2.38 bits per heavy atom. The molecule has 0 spiro atoms. The van der Waals surface area contributed by atoms with Gasteiger partial charge in [0.2, 0.25) is 0 Å². The molecule has 2 rings (SSSR count). The first-order chi connectivity index (χ1) is 9.90. The van der Waals surface area contributed by atoms with Crippen molar-refractivity contribution in [1.29, 1.82) is 0 Å². The van der Waals surface area contributed by atoms with Gasteiger partial charge in [-0.2, -0.15) is 0 Å². The molecule has 0 heterocycles. The standard InChI is InChI=1S/C19H30O2/c1-5-19(3,4)16-8-6-15(7-9-16)13-21-18-11-14(2)10-17(20)12-18/h10-12,15-16,20H,5-9,13H2,1-4H3. The molecule has 0 radical (unpaired) electrons. The monoisotopic (exact) mass is 290 g/mol. The van der Waals surface area contributed by atoms with Crippen molar-refractivity contribution < 1.29 is 9.84 Å². The second-order valence-electron chi connectivity index (χ2n) is 7.38. The van der Waals surface area contributed by atoms with Crippen molar-refractivity contribution in [2.24, 2.45) is 17.3 Å². The molecule has 0 atom stereocenters. The van der Waals surface area contributed by atoms with Gasteiger partial charge >= 0.3 is 0 Å². The summed E-state index contributed by atoms with van der Waals surface area (Å²) in [6, 6.07) is 5.45. The molecule has 1 aromatic carbocycles. The highest BCUT2D eigenvalue weighted by molar-refractivity contribution is 5.36. The number of phenols is 1. The Morgan fingerprint density at radius 2 is 1.81 bits per heavy atom. The minimum atomic E-state index is 0.290. The summed E-state index contributed by atoms with van der Waals surface area (Å²) in [5, 5.41) is 9.60. The molecule has 1 fully saturated rings. The molecular weight excluding hydrogens is 260 g/mol. The summed E-state index contributed by atoms with van der Waals surface area (Å²) < 4.78 is 5.89. The van der Waals surface area contributed by atoms with E-state index in [1.807, 2.05) is 13.0 Å². The molecular formula is C19H30O2. The van der Waals surface area contributed by atoms with Gasteiger partial charge in [-0.3, -0.25) is 0 Å². The highest BCUT2D eigenvalue weighted by Crippen LogP contribution is 2.42. The Labute approximate surface area is 129 Å². The van der Waals surface area contributed by atoms with E-state index >= 15 is 0 Å². The lowest BCUT2D eigenvalue weighted by Crippen LogP contribution is -2.29. The lowest BCUT2D eigenvalue weighted by Gasteiger charge is -2.38. The third-order valence-electron chi connectivity index (χ3n) is 5.38. The normalized spacial score (nSPS) is 23.0. The molecule has 1 N–H and O–H groups in total. The fourth-order valence-corrected chi connectivity index (χ4v) is 3.43. The van der Waals surface area contributed by atoms with Gasteiger partial charge in [-0.15, -0.1) is 0 Å². The van der Waals surface area contributed by atoms with Gasteiger partial charge in [-0.25, -0.2) is 0 Å². The summed E-state index contributed by atoms with van der Waals surface area (Å²) in [4.78, 5) is 0. The summed E-state index contributed by atoms with van der Waals surface area (Å²) in [6.45, 7) is 9.88. The predicted octanol–water partition coefficient (Wildman–Crippen LogP) is 5.32. The molecule has 0 aromatic heterocycles. The number of hydrogen-bond donors (Lipinski definition) is 1. The largest absolute Gasteiger partial charge is 0.508 e. The molecule has 1 aliphatic rings. The van der Waals surface area contributed by atoms with Gasteiger partial charge < -0.3 is 9.84 Å². The van der Waals surface area contributed by atoms with Crippen molar-refractivity contribution in [2.45, 2.75) is 59.8 Å². The minimum absolute atomic E-state index is 0.290. The Balaban J connectivity index is 1.81. The highest BCUT2D eigenvalue weighted by Gasteiger charge is 2.31. The zero-order valence-corrected chi connectivity index (χ0v) is 14.0. The molecule has 0 saturated heterocycles. The van der Waals surface area contributed by atoms with E-state index in [2.05, 4.69) is 20.8 Å². The topological polar surface area (TPSA) is 29.5 Å². The fourth-order valence-electron chi connectivity index (χ4n) is 3.43. The number of aromatic hydroxyl groups is 1. The van der Waals surface area contributed by atoms with Crippen molar-refractivity contribution in [3.8, 4) is 11.5 Å². The van der Waals surface area contributed by atoms with E-state index in [1.165, 1.54) is 32.1 Å². The van der Waals surface area contributed by atoms with Gasteiger partial charge in [0.05, 0.1) is 6.61 Å². The number of hydrogen-bond acceptors (Lipinski definition) is 2. The quantitative estimate of drug-likeness (QED) is 0.795. The number of ether oxygens (including phenoxy) is 1. The fraction of sp³-hybridized carbons (Fsp3) is 0.684. The van der Waals surface area contributed by atoms with Crippen LogP contribution in [0.2, 0.25) is 0 Å². The molecule has 1 saturated carbocycles. The van der Waals surface area contributed by atoms with Gasteiger partial charge in [0, 0.05) is 6.07 Å². The Kier molecular flexibility index (Phi) is 5.18. The van der Waals surface area contributed by atoms with Gasteiger partial charge in [-0.1, -0.05) is 27.2 Å². The number of phenolic OH excluding ortho intramolecular Hbond substituents is 1. The molecule has 0 amide bonds. The summed E-state index contributed by atoms with van der Waals surface area (Å²) in [5.74, 6) is 2.61. The molecule has 21 heavy (non-hydrogen) atoms. The van der Waals surface area contributed by atoms with Crippen molar-refractivity contribution in [1.82, 2.24) is 0 Å². The SMILES string of the molecule is CCC(C)(C)C1CCC(COc2cc(C)cc(O)c2)CC1. The third kappa shape index (κ3) is 4.39. The maximum atomic E-state index is 9.60. The van der Waals surface area contributed by atoms with Crippen LogP contribution in [0.25, 0.3) is 0 Å². The summed E-state index contributed by atoms with van der Waals surface area (Å²) in [5.41, 5.74) is 1.52. The smallest absolute Gasteiger partial charge is 0.123 e. The van der Waals surface area contributed by atoms with E-state index in [9.17, 15) is 5.11 Å². The Hall–Kier alpha value is -1.18. The molecule has 0 aliphatic heterocycles. The lowest BCUT2D eigenvalue weighted by molar-refractivity contribution is 0.107. The lowest BCUT2D eigenvalue weighted by atomic mass is 9.68. The van der Waals surface area contributed by atoms with Gasteiger partial charge in [0.15, 0.2) is 0 Å². The second kappa shape index (κ2) is 6.72. The van der Waals surface area contributed by atoms with Gasteiger partial charge in [-0.05, 0) is 67.6 Å². The molecule has 2 heteroatoms. The maximum absolute atomic E-state index is 9.60. The second-order valence-corrected chi connectivity index (χ2v) is 7.38. The van der Waals surface area contributed by atoms with Crippen molar-refractivity contribution in [2.75, 3.05) is 6.61 Å². The Morgan fingerprint density at radius 1 is 1.14 bits per heavy atom. The van der Waals surface area contributed by atoms with Crippen LogP contribution in [0, 0.1) is 24.2 Å². The average Bonchev–Trinajstić information content (AvgIpc) is 2.44. The predicted molar refractivity (Wildman–Crippen MR) is 87.9 cm³/mol. The van der Waals surface area contributed by atoms with Crippen molar-refractivity contribution >= 4 is 0 Å². The van der Waals surface area contributed by atoms with Crippen molar-refractivity contribution in [3.63, 3.8) is 0 Å². The molecule has 0 bridgehead atoms. The number of rotatable bonds is 5. The van der Waals surface area contributed by atoms with E-state index in [4.69, 9.17) is 4.74 Å². The van der Waals surface area contributed by atoms with Crippen LogP contribution in [-0.4, -0.2) is 11.7 Å². The molecule has 2 nitrogen and oxygen atoms in total. The first-order valence-corrected chi connectivity index (χ1v) is 8.34. The van der Waals surface area contributed by atoms with E-state index in [-0.39, 0.29) is 0 Å². The summed E-state index contributed by atoms with van der Waals surface area (Å²) in [7, 11) is 0. The van der Waals surface area contributed by atoms with Crippen LogP contribution in [0.4, 0.5) is 0 Å². The van der Waals surface area contributed by atoms with E-state index in [0.29, 0.717) is 17.1 Å². The third-order valence-corrected chi connectivity index (χ3v) is 5.38. The first-order valence-electron chi connectivity index (χ1n) is 8.34. The van der Waals surface area contributed by atoms with Crippen LogP contribution in [0.3, 0.4) is 0 Å². The van der Waals surface area contributed by atoms with E-state index < -0.39 is 0 Å². The number of benzene rings is 1. The van der Waals surface area contributed by atoms with Crippen LogP contribution < -0.4 is 4.74 Å².